The number of benzene rings is 1. The van der Waals surface area contributed by atoms with Crippen LogP contribution in [0.3, 0.4) is 0 Å². The molecule has 1 aromatic heterocycles. The van der Waals surface area contributed by atoms with Crippen LogP contribution >= 0.6 is 11.6 Å². The van der Waals surface area contributed by atoms with Gasteiger partial charge < -0.3 is 4.90 Å². The lowest BCUT2D eigenvalue weighted by atomic mass is 9.96. The van der Waals surface area contributed by atoms with Crippen molar-refractivity contribution in [2.75, 3.05) is 43.9 Å². The van der Waals surface area contributed by atoms with Gasteiger partial charge in [0.15, 0.2) is 0 Å². The molecule has 158 valence electrons. The second-order valence-corrected chi connectivity index (χ2v) is 10.3. The lowest BCUT2D eigenvalue weighted by molar-refractivity contribution is 0.0615. The van der Waals surface area contributed by atoms with Gasteiger partial charge in [-0.25, -0.2) is 13.5 Å². The Balaban J connectivity index is 1.47. The van der Waals surface area contributed by atoms with Crippen molar-refractivity contribution >= 4 is 27.6 Å². The van der Waals surface area contributed by atoms with Gasteiger partial charge in [-0.15, -0.1) is 0 Å². The van der Waals surface area contributed by atoms with Crippen LogP contribution < -0.4 is 4.90 Å². The van der Waals surface area contributed by atoms with Crippen LogP contribution in [0.2, 0.25) is 5.02 Å². The predicted molar refractivity (Wildman–Crippen MR) is 114 cm³/mol. The van der Waals surface area contributed by atoms with E-state index in [1.165, 1.54) is 18.1 Å². The van der Waals surface area contributed by atoms with Crippen LogP contribution in [-0.4, -0.2) is 83.9 Å². The summed E-state index contributed by atoms with van der Waals surface area (Å²) < 4.78 is 25.9. The molecular weight excluding hydrogens is 412 g/mol. The number of anilines is 1. The third kappa shape index (κ3) is 4.91. The van der Waals surface area contributed by atoms with E-state index in [-0.39, 0.29) is 6.04 Å². The van der Waals surface area contributed by atoms with Crippen LogP contribution in [0.25, 0.3) is 0 Å². The van der Waals surface area contributed by atoms with Gasteiger partial charge in [-0.1, -0.05) is 23.7 Å². The van der Waals surface area contributed by atoms with Gasteiger partial charge in [-0.05, 0) is 37.0 Å². The van der Waals surface area contributed by atoms with Crippen molar-refractivity contribution < 1.29 is 8.42 Å². The Labute approximate surface area is 176 Å². The number of piperazine rings is 1. The first-order valence-corrected chi connectivity index (χ1v) is 12.2. The molecule has 8 nitrogen and oxygen atoms in total. The van der Waals surface area contributed by atoms with Crippen LogP contribution in [0.4, 0.5) is 5.95 Å². The SMILES string of the molecule is CS(=O)(=O)N1CCN(C2CCN(c3ncn[nH]3)CC2)C(Cc2ccc(Cl)cc2)C1. The highest BCUT2D eigenvalue weighted by Crippen LogP contribution is 2.26. The molecule has 4 rings (SSSR count). The quantitative estimate of drug-likeness (QED) is 0.763. The summed E-state index contributed by atoms with van der Waals surface area (Å²) in [7, 11) is -3.19. The van der Waals surface area contributed by atoms with Gasteiger partial charge in [-0.3, -0.25) is 4.90 Å². The molecule has 1 aromatic carbocycles. The number of nitrogens with zero attached hydrogens (tertiary/aromatic N) is 5. The number of hydrogen-bond donors (Lipinski definition) is 1. The number of H-pyrrole nitrogens is 1. The zero-order valence-electron chi connectivity index (χ0n) is 16.5. The Bertz CT molecular complexity index is 897. The average Bonchev–Trinajstić information content (AvgIpc) is 3.24. The Kier molecular flexibility index (Phi) is 6.10. The summed E-state index contributed by atoms with van der Waals surface area (Å²) in [6.07, 6.45) is 5.70. The maximum absolute atomic E-state index is 12.2. The van der Waals surface area contributed by atoms with Gasteiger partial charge in [-0.2, -0.15) is 14.4 Å². The smallest absolute Gasteiger partial charge is 0.221 e. The van der Waals surface area contributed by atoms with E-state index in [2.05, 4.69) is 25.0 Å². The topological polar surface area (TPSA) is 85.4 Å². The number of halogens is 1. The van der Waals surface area contributed by atoms with Crippen LogP contribution in [0.5, 0.6) is 0 Å². The molecule has 10 heteroatoms. The van der Waals surface area contributed by atoms with Gasteiger partial charge in [0.25, 0.3) is 0 Å². The third-order valence-electron chi connectivity index (χ3n) is 5.98. The number of piperidine rings is 1. The summed E-state index contributed by atoms with van der Waals surface area (Å²) in [5, 5.41) is 7.59. The molecule has 1 atom stereocenters. The fourth-order valence-electron chi connectivity index (χ4n) is 4.46. The van der Waals surface area contributed by atoms with Crippen LogP contribution in [-0.2, 0) is 16.4 Å². The fraction of sp³-hybridized carbons (Fsp3) is 0.579. The van der Waals surface area contributed by atoms with Gasteiger partial charge in [0.2, 0.25) is 16.0 Å². The molecule has 3 heterocycles. The van der Waals surface area contributed by atoms with Gasteiger partial charge in [0.1, 0.15) is 6.33 Å². The van der Waals surface area contributed by atoms with Crippen molar-refractivity contribution in [2.24, 2.45) is 0 Å². The minimum Gasteiger partial charge on any atom is -0.341 e. The monoisotopic (exact) mass is 438 g/mol. The second-order valence-electron chi connectivity index (χ2n) is 7.87. The molecule has 2 fully saturated rings. The maximum Gasteiger partial charge on any atom is 0.221 e. The zero-order chi connectivity index (χ0) is 20.4. The van der Waals surface area contributed by atoms with Crippen molar-refractivity contribution in [3.63, 3.8) is 0 Å². The standard InChI is InChI=1S/C19H27ClN6O2S/c1-29(27,28)25-10-11-26(18(13-25)12-15-2-4-16(20)5-3-15)17-6-8-24(9-7-17)19-21-14-22-23-19/h2-5,14,17-18H,6-13H2,1H3,(H,21,22,23). The summed E-state index contributed by atoms with van der Waals surface area (Å²) in [6.45, 7) is 3.68. The molecule has 0 radical (unpaired) electrons. The molecule has 2 aliphatic heterocycles. The van der Waals surface area contributed by atoms with Crippen LogP contribution in [0.1, 0.15) is 18.4 Å². The maximum atomic E-state index is 12.2. The van der Waals surface area contributed by atoms with E-state index in [4.69, 9.17) is 11.6 Å². The number of rotatable bonds is 5. The number of aromatic nitrogens is 3. The molecule has 2 aromatic rings. The summed E-state index contributed by atoms with van der Waals surface area (Å²) in [6, 6.07) is 8.45. The molecule has 2 aliphatic rings. The van der Waals surface area contributed by atoms with Gasteiger partial charge in [0, 0.05) is 49.8 Å². The first kappa shape index (κ1) is 20.6. The van der Waals surface area contributed by atoms with Crippen molar-refractivity contribution in [2.45, 2.75) is 31.3 Å². The van der Waals surface area contributed by atoms with E-state index >= 15 is 0 Å². The summed E-state index contributed by atoms with van der Waals surface area (Å²) >= 11 is 6.03. The van der Waals surface area contributed by atoms with Crippen molar-refractivity contribution in [1.29, 1.82) is 0 Å². The number of hydrogen-bond acceptors (Lipinski definition) is 6. The highest BCUT2D eigenvalue weighted by Gasteiger charge is 2.36. The lowest BCUT2D eigenvalue weighted by Crippen LogP contribution is -2.59. The normalized spacial score (nSPS) is 22.8. The molecule has 2 saturated heterocycles. The molecular formula is C19H27ClN6O2S. The van der Waals surface area contributed by atoms with Crippen molar-refractivity contribution in [3.8, 4) is 0 Å². The van der Waals surface area contributed by atoms with E-state index in [1.54, 1.807) is 4.31 Å². The van der Waals surface area contributed by atoms with E-state index in [0.717, 1.165) is 44.8 Å². The number of sulfonamides is 1. The summed E-state index contributed by atoms with van der Waals surface area (Å²) in [5.74, 6) is 0.822. The first-order valence-electron chi connectivity index (χ1n) is 9.96. The fourth-order valence-corrected chi connectivity index (χ4v) is 5.44. The van der Waals surface area contributed by atoms with E-state index in [0.29, 0.717) is 24.2 Å². The van der Waals surface area contributed by atoms with E-state index < -0.39 is 10.0 Å². The van der Waals surface area contributed by atoms with E-state index in [9.17, 15) is 8.42 Å². The Morgan fingerprint density at radius 3 is 2.48 bits per heavy atom. The van der Waals surface area contributed by atoms with Gasteiger partial charge in [0.05, 0.1) is 6.26 Å². The highest BCUT2D eigenvalue weighted by molar-refractivity contribution is 7.88. The molecule has 0 saturated carbocycles. The predicted octanol–water partition coefficient (Wildman–Crippen LogP) is 1.62. The molecule has 0 spiro atoms. The first-order chi connectivity index (χ1) is 13.9. The second kappa shape index (κ2) is 8.59. The molecule has 0 amide bonds. The highest BCUT2D eigenvalue weighted by atomic mass is 35.5. The van der Waals surface area contributed by atoms with E-state index in [1.807, 2.05) is 24.3 Å². The molecule has 0 bridgehead atoms. The zero-order valence-corrected chi connectivity index (χ0v) is 18.1. The average molecular weight is 439 g/mol. The summed E-state index contributed by atoms with van der Waals surface area (Å²) in [5.41, 5.74) is 1.18. The van der Waals surface area contributed by atoms with Crippen molar-refractivity contribution in [1.82, 2.24) is 24.4 Å². The van der Waals surface area contributed by atoms with Crippen LogP contribution in [0, 0.1) is 0 Å². The van der Waals surface area contributed by atoms with Crippen molar-refractivity contribution in [3.05, 3.63) is 41.2 Å². The number of nitrogens with one attached hydrogen (secondary N) is 1. The molecule has 29 heavy (non-hydrogen) atoms. The Morgan fingerprint density at radius 1 is 1.14 bits per heavy atom. The minimum atomic E-state index is -3.19. The minimum absolute atomic E-state index is 0.154. The third-order valence-corrected chi connectivity index (χ3v) is 7.50. The molecule has 1 N–H and O–H groups in total. The molecule has 0 aliphatic carbocycles. The van der Waals surface area contributed by atoms with Crippen LogP contribution in [0.15, 0.2) is 30.6 Å². The Hall–Kier alpha value is -1.68. The largest absolute Gasteiger partial charge is 0.341 e. The molecule has 1 unspecified atom stereocenters. The van der Waals surface area contributed by atoms with Gasteiger partial charge >= 0.3 is 0 Å². The lowest BCUT2D eigenvalue weighted by Gasteiger charge is -2.47. The Morgan fingerprint density at radius 2 is 1.86 bits per heavy atom. The summed E-state index contributed by atoms with van der Waals surface area (Å²) in [4.78, 5) is 9.00. The number of aromatic amines is 1.